The first-order chi connectivity index (χ1) is 25.7. The molecule has 0 aromatic heterocycles. The maximum absolute atomic E-state index is 15.1. The Kier molecular flexibility index (Phi) is 10.6. The molecule has 7 heteroatoms. The maximum atomic E-state index is 15.1. The van der Waals surface area contributed by atoms with Crippen molar-refractivity contribution in [3.05, 3.63) is 12.2 Å². The van der Waals surface area contributed by atoms with Gasteiger partial charge >= 0.3 is 11.9 Å². The fraction of sp³-hybridized carbons (Fsp3) is 0.875. The summed E-state index contributed by atoms with van der Waals surface area (Å²) >= 11 is 0. The normalized spacial score (nSPS) is 44.1. The van der Waals surface area contributed by atoms with Crippen molar-refractivity contribution < 1.29 is 29.0 Å². The van der Waals surface area contributed by atoms with Crippen molar-refractivity contribution in [1.82, 2.24) is 4.90 Å². The van der Waals surface area contributed by atoms with E-state index < -0.39 is 5.97 Å². The second-order valence-corrected chi connectivity index (χ2v) is 22.2. The van der Waals surface area contributed by atoms with Crippen molar-refractivity contribution in [1.29, 1.82) is 0 Å². The summed E-state index contributed by atoms with van der Waals surface area (Å²) in [5.74, 6) is 2.28. The lowest BCUT2D eigenvalue weighted by Crippen LogP contribution is -2.67. The van der Waals surface area contributed by atoms with Gasteiger partial charge in [-0.25, -0.2) is 0 Å². The third-order valence-electron chi connectivity index (χ3n) is 19.5. The van der Waals surface area contributed by atoms with Crippen molar-refractivity contribution in [3.63, 3.8) is 0 Å². The van der Waals surface area contributed by atoms with E-state index in [9.17, 15) is 14.4 Å². The van der Waals surface area contributed by atoms with E-state index in [2.05, 4.69) is 66.9 Å². The molecule has 0 spiro atoms. The number of ether oxygens (including phenoxy) is 1. The average Bonchev–Trinajstić information content (AvgIpc) is 3.53. The number of ketones is 1. The molecule has 1 unspecified atom stereocenters. The number of amides is 1. The van der Waals surface area contributed by atoms with Crippen molar-refractivity contribution in [2.24, 2.45) is 73.9 Å². The Morgan fingerprint density at radius 3 is 2.13 bits per heavy atom. The summed E-state index contributed by atoms with van der Waals surface area (Å²) in [6.45, 7) is 25.6. The molecule has 7 nitrogen and oxygen atoms in total. The molecule has 55 heavy (non-hydrogen) atoms. The first-order valence-electron chi connectivity index (χ1n) is 22.6. The average molecular weight is 762 g/mol. The van der Waals surface area contributed by atoms with Gasteiger partial charge in [0, 0.05) is 49.1 Å². The number of carbonyl (C=O) groups is 4. The number of carboxylic acid groups (broad SMARTS) is 1. The number of fused-ring (bicyclic) bond motifs is 7. The molecule has 7 rings (SSSR count). The molecule has 0 bridgehead atoms. The van der Waals surface area contributed by atoms with Crippen molar-refractivity contribution in [2.45, 2.75) is 177 Å². The van der Waals surface area contributed by atoms with Gasteiger partial charge in [-0.15, -0.1) is 0 Å². The Morgan fingerprint density at radius 2 is 1.47 bits per heavy atom. The Morgan fingerprint density at radius 1 is 0.764 bits per heavy atom. The highest BCUT2D eigenvalue weighted by Gasteiger charge is 2.72. The molecule has 0 aromatic rings. The van der Waals surface area contributed by atoms with Crippen LogP contribution >= 0.6 is 0 Å². The molecule has 1 heterocycles. The molecule has 7 fully saturated rings. The van der Waals surface area contributed by atoms with Crippen LogP contribution in [0.1, 0.15) is 171 Å². The van der Waals surface area contributed by atoms with E-state index in [-0.39, 0.29) is 69.2 Å². The van der Waals surface area contributed by atoms with Crippen LogP contribution in [0.2, 0.25) is 0 Å². The molecule has 1 aliphatic heterocycles. The summed E-state index contributed by atoms with van der Waals surface area (Å²) in [4.78, 5) is 54.7. The number of carbonyl (C=O) groups excluding carboxylic acids is 3. The Bertz CT molecular complexity index is 1560. The van der Waals surface area contributed by atoms with Gasteiger partial charge in [-0.05, 0) is 160 Å². The fourth-order valence-corrected chi connectivity index (χ4v) is 16.0. The zero-order valence-electron chi connectivity index (χ0n) is 35.9. The number of carboxylic acids is 1. The Hall–Kier alpha value is -2.18. The number of nitrogens with zero attached hydrogens (tertiary/aromatic N) is 1. The number of aliphatic carboxylic acids is 1. The van der Waals surface area contributed by atoms with Crippen molar-refractivity contribution >= 4 is 23.6 Å². The van der Waals surface area contributed by atoms with Crippen LogP contribution in [0.4, 0.5) is 0 Å². The van der Waals surface area contributed by atoms with Crippen LogP contribution in [0.15, 0.2) is 12.2 Å². The molecule has 1 amide bonds. The summed E-state index contributed by atoms with van der Waals surface area (Å²) in [5.41, 5.74) is 1.12. The molecule has 1 saturated heterocycles. The molecular weight excluding hydrogens is 687 g/mol. The second kappa shape index (κ2) is 14.3. The SMILES string of the molecule is C=C(C)[C@@H]1CC[C@]2(C(=O)CC3C[C@@H](C(=O)N4CCCCC4)C3(C)C)CC[C@]3(C)[C@H](CC[C@@H]4[C@@]5(C)CC[C@H](OC(=O)CCCC(=O)O)C(C)(C)[C@@H]5CC[C@]43C)[C@@H]12. The van der Waals surface area contributed by atoms with E-state index >= 15 is 4.79 Å². The van der Waals surface area contributed by atoms with Gasteiger partial charge in [0.25, 0.3) is 0 Å². The summed E-state index contributed by atoms with van der Waals surface area (Å²) in [5, 5.41) is 9.05. The zero-order chi connectivity index (χ0) is 39.9. The number of esters is 1. The number of Topliss-reactive ketones (excluding diaryl/α,β-unsaturated/α-hetero) is 1. The summed E-state index contributed by atoms with van der Waals surface area (Å²) in [6.07, 6.45) is 16.0. The number of likely N-dealkylation sites (tertiary alicyclic amines) is 1. The predicted octanol–water partition coefficient (Wildman–Crippen LogP) is 10.4. The molecule has 7 aliphatic rings. The molecular formula is C48H75NO6. The lowest BCUT2D eigenvalue weighted by molar-refractivity contribution is -0.249. The number of piperidine rings is 1. The number of rotatable bonds is 10. The van der Waals surface area contributed by atoms with Gasteiger partial charge in [0.1, 0.15) is 11.9 Å². The Balaban J connectivity index is 1.09. The topological polar surface area (TPSA) is 101 Å². The molecule has 6 saturated carbocycles. The van der Waals surface area contributed by atoms with Crippen LogP contribution < -0.4 is 0 Å². The zero-order valence-corrected chi connectivity index (χ0v) is 35.9. The maximum Gasteiger partial charge on any atom is 0.306 e. The van der Waals surface area contributed by atoms with E-state index in [1.165, 1.54) is 31.3 Å². The minimum absolute atomic E-state index is 0.00658. The standard InChI is InChI=1S/C48H75NO6/c1-30(2)32-18-23-48(37(50)29-31-28-34(43(31,3)4)42(54)49-26-11-10-12-27-49)25-24-46(8)33(41(32)48)16-17-36-45(7)21-20-38(55-40(53)15-13-14-39(51)52)44(5,6)35(45)19-22-47(36,46)9/h31-36,38,41H,1,10-29H2,2-9H3,(H,51,52)/t31?,32-,33+,34-,35-,36+,38-,41+,45-,46+,47+,48+/m0/s1. The monoisotopic (exact) mass is 762 g/mol. The summed E-state index contributed by atoms with van der Waals surface area (Å²) in [6, 6.07) is 0. The van der Waals surface area contributed by atoms with Gasteiger partial charge in [0.05, 0.1) is 0 Å². The van der Waals surface area contributed by atoms with Crippen molar-refractivity contribution in [2.75, 3.05) is 13.1 Å². The van der Waals surface area contributed by atoms with E-state index in [0.29, 0.717) is 54.1 Å². The number of hydrogen-bond acceptors (Lipinski definition) is 5. The van der Waals surface area contributed by atoms with Gasteiger partial charge in [0.15, 0.2) is 0 Å². The third-order valence-corrected chi connectivity index (χ3v) is 19.5. The van der Waals surface area contributed by atoms with Crippen LogP contribution in [-0.4, -0.2) is 52.8 Å². The molecule has 6 aliphatic carbocycles. The van der Waals surface area contributed by atoms with Gasteiger partial charge in [0.2, 0.25) is 5.91 Å². The summed E-state index contributed by atoms with van der Waals surface area (Å²) in [7, 11) is 0. The van der Waals surface area contributed by atoms with Gasteiger partial charge in [-0.1, -0.05) is 60.6 Å². The van der Waals surface area contributed by atoms with Crippen LogP contribution in [0.25, 0.3) is 0 Å². The lowest BCUT2D eigenvalue weighted by Gasteiger charge is -2.73. The highest BCUT2D eigenvalue weighted by molar-refractivity contribution is 5.87. The van der Waals surface area contributed by atoms with Gasteiger partial charge < -0.3 is 14.7 Å². The quantitative estimate of drug-likeness (QED) is 0.176. The number of hydrogen-bond donors (Lipinski definition) is 1. The number of allylic oxidation sites excluding steroid dienone is 1. The van der Waals surface area contributed by atoms with E-state index in [1.54, 1.807) is 0 Å². The predicted molar refractivity (Wildman–Crippen MR) is 216 cm³/mol. The molecule has 308 valence electrons. The second-order valence-electron chi connectivity index (χ2n) is 22.2. The first-order valence-corrected chi connectivity index (χ1v) is 22.6. The third kappa shape index (κ3) is 6.31. The first kappa shape index (κ1) is 41.0. The van der Waals surface area contributed by atoms with E-state index in [4.69, 9.17) is 9.84 Å². The van der Waals surface area contributed by atoms with Gasteiger partial charge in [-0.2, -0.15) is 0 Å². The molecule has 0 aromatic carbocycles. The van der Waals surface area contributed by atoms with E-state index in [0.717, 1.165) is 77.3 Å². The van der Waals surface area contributed by atoms with Crippen molar-refractivity contribution in [3.8, 4) is 0 Å². The molecule has 0 radical (unpaired) electrons. The lowest BCUT2D eigenvalue weighted by atomic mass is 9.32. The van der Waals surface area contributed by atoms with Crippen LogP contribution in [0, 0.1) is 73.9 Å². The largest absolute Gasteiger partial charge is 0.481 e. The van der Waals surface area contributed by atoms with E-state index in [1.807, 2.05) is 0 Å². The molecule has 1 N–H and O–H groups in total. The smallest absolute Gasteiger partial charge is 0.306 e. The molecule has 12 atom stereocenters. The fourth-order valence-electron chi connectivity index (χ4n) is 16.0. The van der Waals surface area contributed by atoms with Gasteiger partial charge in [-0.3, -0.25) is 19.2 Å². The summed E-state index contributed by atoms with van der Waals surface area (Å²) < 4.78 is 6.17. The highest BCUT2D eigenvalue weighted by atomic mass is 16.5. The van der Waals surface area contributed by atoms with Crippen LogP contribution in [0.5, 0.6) is 0 Å². The highest BCUT2D eigenvalue weighted by Crippen LogP contribution is 2.78. The minimum Gasteiger partial charge on any atom is -0.481 e. The minimum atomic E-state index is -0.874. The Labute approximate surface area is 332 Å². The van der Waals surface area contributed by atoms with Crippen LogP contribution in [-0.2, 0) is 23.9 Å². The van der Waals surface area contributed by atoms with Crippen LogP contribution in [0.3, 0.4) is 0 Å².